The molecule has 0 radical (unpaired) electrons. The smallest absolute Gasteiger partial charge is 0.236 e. The second-order valence-corrected chi connectivity index (χ2v) is 5.00. The van der Waals surface area contributed by atoms with E-state index in [0.717, 1.165) is 31.5 Å². The molecule has 104 valence electrons. The van der Waals surface area contributed by atoms with Crippen LogP contribution in [0.3, 0.4) is 0 Å². The van der Waals surface area contributed by atoms with Crippen molar-refractivity contribution in [3.63, 3.8) is 0 Å². The lowest BCUT2D eigenvalue weighted by Gasteiger charge is -2.27. The Labute approximate surface area is 114 Å². The average Bonchev–Trinajstić information content (AvgIpc) is 2.49. The zero-order valence-electron chi connectivity index (χ0n) is 11.2. The van der Waals surface area contributed by atoms with Crippen LogP contribution in [0.1, 0.15) is 30.9 Å². The Morgan fingerprint density at radius 1 is 1.21 bits per heavy atom. The number of aliphatic hydroxyl groups excluding tert-OH is 1. The molecule has 1 fully saturated rings. The van der Waals surface area contributed by atoms with Crippen LogP contribution in [0.25, 0.3) is 0 Å². The number of benzene rings is 1. The summed E-state index contributed by atoms with van der Waals surface area (Å²) >= 11 is 0. The lowest BCUT2D eigenvalue weighted by molar-refractivity contribution is -0.131. The van der Waals surface area contributed by atoms with Crippen molar-refractivity contribution in [2.24, 2.45) is 0 Å². The first kappa shape index (κ1) is 14.0. The molecule has 0 bridgehead atoms. The van der Waals surface area contributed by atoms with E-state index in [9.17, 15) is 9.90 Å². The summed E-state index contributed by atoms with van der Waals surface area (Å²) in [6.07, 6.45) is 2.89. The minimum absolute atomic E-state index is 0.139. The van der Waals surface area contributed by atoms with E-state index in [1.54, 1.807) is 0 Å². The molecule has 1 unspecified atom stereocenters. The van der Waals surface area contributed by atoms with Gasteiger partial charge < -0.3 is 15.3 Å². The first-order valence-corrected chi connectivity index (χ1v) is 6.99. The quantitative estimate of drug-likeness (QED) is 0.841. The van der Waals surface area contributed by atoms with E-state index in [2.05, 4.69) is 5.32 Å². The van der Waals surface area contributed by atoms with Crippen molar-refractivity contribution in [2.75, 3.05) is 26.2 Å². The molecular formula is C15H22N2O2. The highest BCUT2D eigenvalue weighted by Crippen LogP contribution is 2.11. The van der Waals surface area contributed by atoms with E-state index in [-0.39, 0.29) is 5.91 Å². The lowest BCUT2D eigenvalue weighted by Crippen LogP contribution is -2.41. The highest BCUT2D eigenvalue weighted by molar-refractivity contribution is 5.78. The first-order valence-electron chi connectivity index (χ1n) is 6.99. The molecule has 1 saturated heterocycles. The van der Waals surface area contributed by atoms with Crippen molar-refractivity contribution >= 4 is 5.91 Å². The monoisotopic (exact) mass is 262 g/mol. The van der Waals surface area contributed by atoms with Gasteiger partial charge in [0.1, 0.15) is 0 Å². The molecule has 0 aromatic heterocycles. The molecular weight excluding hydrogens is 240 g/mol. The Kier molecular flexibility index (Phi) is 5.36. The molecule has 1 atom stereocenters. The SMILES string of the molecule is O=C(CNCC(O)c1ccccc1)N1CCCCC1. The van der Waals surface area contributed by atoms with E-state index in [1.807, 2.05) is 35.2 Å². The maximum Gasteiger partial charge on any atom is 0.236 e. The average molecular weight is 262 g/mol. The van der Waals surface area contributed by atoms with E-state index >= 15 is 0 Å². The zero-order chi connectivity index (χ0) is 13.5. The van der Waals surface area contributed by atoms with Crippen LogP contribution in [-0.4, -0.2) is 42.1 Å². The molecule has 1 aliphatic rings. The molecule has 0 aliphatic carbocycles. The number of carbonyl (C=O) groups excluding carboxylic acids is 1. The van der Waals surface area contributed by atoms with Crippen LogP contribution in [0.15, 0.2) is 30.3 Å². The Hall–Kier alpha value is -1.39. The summed E-state index contributed by atoms with van der Waals surface area (Å²) in [4.78, 5) is 13.8. The summed E-state index contributed by atoms with van der Waals surface area (Å²) in [5.74, 6) is 0.139. The minimum Gasteiger partial charge on any atom is -0.387 e. The van der Waals surface area contributed by atoms with Gasteiger partial charge in [-0.15, -0.1) is 0 Å². The van der Waals surface area contributed by atoms with Gasteiger partial charge in [-0.1, -0.05) is 30.3 Å². The maximum absolute atomic E-state index is 11.9. The summed E-state index contributed by atoms with van der Waals surface area (Å²) in [6, 6.07) is 9.50. The van der Waals surface area contributed by atoms with E-state index in [1.165, 1.54) is 6.42 Å². The predicted molar refractivity (Wildman–Crippen MR) is 74.7 cm³/mol. The van der Waals surface area contributed by atoms with E-state index in [4.69, 9.17) is 0 Å². The van der Waals surface area contributed by atoms with Crippen LogP contribution in [0.2, 0.25) is 0 Å². The number of aliphatic hydroxyl groups is 1. The van der Waals surface area contributed by atoms with E-state index < -0.39 is 6.10 Å². The molecule has 0 saturated carbocycles. The third kappa shape index (κ3) is 4.33. The topological polar surface area (TPSA) is 52.6 Å². The fraction of sp³-hybridized carbons (Fsp3) is 0.533. The lowest BCUT2D eigenvalue weighted by atomic mass is 10.1. The van der Waals surface area contributed by atoms with Gasteiger partial charge in [0.2, 0.25) is 5.91 Å². The van der Waals surface area contributed by atoms with Crippen molar-refractivity contribution in [2.45, 2.75) is 25.4 Å². The van der Waals surface area contributed by atoms with E-state index in [0.29, 0.717) is 13.1 Å². The summed E-state index contributed by atoms with van der Waals surface area (Å²) in [5.41, 5.74) is 0.875. The van der Waals surface area contributed by atoms with Crippen molar-refractivity contribution in [1.29, 1.82) is 0 Å². The van der Waals surface area contributed by atoms with Gasteiger partial charge in [-0.05, 0) is 24.8 Å². The van der Waals surface area contributed by atoms with Crippen molar-refractivity contribution < 1.29 is 9.90 Å². The normalized spacial score (nSPS) is 17.2. The molecule has 4 nitrogen and oxygen atoms in total. The standard InChI is InChI=1S/C15H22N2O2/c18-14(13-7-3-1-4-8-13)11-16-12-15(19)17-9-5-2-6-10-17/h1,3-4,7-8,14,16,18H,2,5-6,9-12H2. The number of likely N-dealkylation sites (tertiary alicyclic amines) is 1. The number of carbonyl (C=O) groups is 1. The van der Waals surface area contributed by atoms with Crippen LogP contribution >= 0.6 is 0 Å². The number of piperidine rings is 1. The Morgan fingerprint density at radius 3 is 2.58 bits per heavy atom. The summed E-state index contributed by atoms with van der Waals surface area (Å²) in [7, 11) is 0. The summed E-state index contributed by atoms with van der Waals surface area (Å²) < 4.78 is 0. The summed E-state index contributed by atoms with van der Waals surface area (Å²) in [6.45, 7) is 2.47. The minimum atomic E-state index is -0.560. The Morgan fingerprint density at radius 2 is 1.89 bits per heavy atom. The molecule has 2 N–H and O–H groups in total. The molecule has 2 rings (SSSR count). The Bertz CT molecular complexity index is 388. The number of amides is 1. The van der Waals surface area contributed by atoms with Crippen molar-refractivity contribution in [3.8, 4) is 0 Å². The van der Waals surface area contributed by atoms with Crippen molar-refractivity contribution in [1.82, 2.24) is 10.2 Å². The highest BCUT2D eigenvalue weighted by atomic mass is 16.3. The van der Waals surface area contributed by atoms with Crippen LogP contribution < -0.4 is 5.32 Å². The van der Waals surface area contributed by atoms with Gasteiger partial charge in [-0.2, -0.15) is 0 Å². The van der Waals surface area contributed by atoms with Crippen LogP contribution in [-0.2, 0) is 4.79 Å². The number of rotatable bonds is 5. The predicted octanol–water partition coefficient (Wildman–Crippen LogP) is 1.32. The molecule has 0 spiro atoms. The van der Waals surface area contributed by atoms with Gasteiger partial charge >= 0.3 is 0 Å². The van der Waals surface area contributed by atoms with Gasteiger partial charge in [-0.25, -0.2) is 0 Å². The number of nitrogens with zero attached hydrogens (tertiary/aromatic N) is 1. The molecule has 1 heterocycles. The fourth-order valence-electron chi connectivity index (χ4n) is 2.36. The number of nitrogens with one attached hydrogen (secondary N) is 1. The first-order chi connectivity index (χ1) is 9.27. The van der Waals surface area contributed by atoms with Crippen LogP contribution in [0, 0.1) is 0 Å². The molecule has 1 amide bonds. The molecule has 1 aliphatic heterocycles. The third-order valence-electron chi connectivity index (χ3n) is 3.51. The second kappa shape index (κ2) is 7.26. The molecule has 19 heavy (non-hydrogen) atoms. The fourth-order valence-corrected chi connectivity index (χ4v) is 2.36. The van der Waals surface area contributed by atoms with Gasteiger partial charge in [0.15, 0.2) is 0 Å². The molecule has 1 aromatic carbocycles. The third-order valence-corrected chi connectivity index (χ3v) is 3.51. The Balaban J connectivity index is 1.69. The highest BCUT2D eigenvalue weighted by Gasteiger charge is 2.16. The van der Waals surface area contributed by atoms with Gasteiger partial charge in [0.05, 0.1) is 12.6 Å². The van der Waals surface area contributed by atoms with Gasteiger partial charge in [0.25, 0.3) is 0 Å². The maximum atomic E-state index is 11.9. The summed E-state index contributed by atoms with van der Waals surface area (Å²) in [5, 5.41) is 13.0. The van der Waals surface area contributed by atoms with Crippen LogP contribution in [0.4, 0.5) is 0 Å². The molecule has 1 aromatic rings. The second-order valence-electron chi connectivity index (χ2n) is 5.00. The number of hydrogen-bond donors (Lipinski definition) is 2. The van der Waals surface area contributed by atoms with Crippen molar-refractivity contribution in [3.05, 3.63) is 35.9 Å². The van der Waals surface area contributed by atoms with Gasteiger partial charge in [-0.3, -0.25) is 4.79 Å². The van der Waals surface area contributed by atoms with Crippen LogP contribution in [0.5, 0.6) is 0 Å². The molecule has 4 heteroatoms. The largest absolute Gasteiger partial charge is 0.387 e. The van der Waals surface area contributed by atoms with Gasteiger partial charge in [0, 0.05) is 19.6 Å². The number of hydrogen-bond acceptors (Lipinski definition) is 3. The zero-order valence-corrected chi connectivity index (χ0v) is 11.2.